The van der Waals surface area contributed by atoms with Crippen LogP contribution in [0.1, 0.15) is 44.7 Å². The first-order valence-corrected chi connectivity index (χ1v) is 10.4. The number of nitrogens with one attached hydrogen (secondary N) is 2. The van der Waals surface area contributed by atoms with Crippen LogP contribution >= 0.6 is 39.9 Å². The number of guanidine groups is 1. The molecule has 1 aliphatic rings. The number of halogens is 2. The maximum Gasteiger partial charge on any atom is 0.220 e. The smallest absolute Gasteiger partial charge is 0.220 e. The van der Waals surface area contributed by atoms with Gasteiger partial charge in [0.15, 0.2) is 5.96 Å². The van der Waals surface area contributed by atoms with E-state index in [1.54, 1.807) is 0 Å². The number of aliphatic imine (C=N–C) groups is 1. The summed E-state index contributed by atoms with van der Waals surface area (Å²) in [6.07, 6.45) is 7.68. The first-order chi connectivity index (χ1) is 12.5. The molecule has 0 radical (unpaired) electrons. The molecule has 1 saturated carbocycles. The van der Waals surface area contributed by atoms with E-state index in [-0.39, 0.29) is 29.9 Å². The molecule has 0 spiro atoms. The quantitative estimate of drug-likeness (QED) is 0.224. The third-order valence-corrected chi connectivity index (χ3v) is 5.25. The highest BCUT2D eigenvalue weighted by Gasteiger charge is 2.18. The van der Waals surface area contributed by atoms with Crippen LogP contribution in [0.15, 0.2) is 21.7 Å². The number of carbonyl (C=O) groups is 1. The average molecular weight is 554 g/mol. The topological polar surface area (TPSA) is 61.7 Å². The Morgan fingerprint density at radius 3 is 2.67 bits per heavy atom. The van der Waals surface area contributed by atoms with Gasteiger partial charge in [-0.05, 0) is 47.7 Å². The highest BCUT2D eigenvalue weighted by atomic mass is 127. The lowest BCUT2D eigenvalue weighted by molar-refractivity contribution is -0.121. The summed E-state index contributed by atoms with van der Waals surface area (Å²) in [5, 5.41) is 6.32. The highest BCUT2D eigenvalue weighted by molar-refractivity contribution is 14.0. The summed E-state index contributed by atoms with van der Waals surface area (Å²) in [6.45, 7) is 4.81. The van der Waals surface area contributed by atoms with Crippen molar-refractivity contribution in [2.24, 2.45) is 18.0 Å². The van der Waals surface area contributed by atoms with E-state index in [1.807, 2.05) is 20.3 Å². The first kappa shape index (κ1) is 24.3. The lowest BCUT2D eigenvalue weighted by Gasteiger charge is -2.22. The average Bonchev–Trinajstić information content (AvgIpc) is 3.20. The van der Waals surface area contributed by atoms with Gasteiger partial charge in [0.05, 0.1) is 13.1 Å². The van der Waals surface area contributed by atoms with Gasteiger partial charge in [-0.1, -0.05) is 12.8 Å². The molecular formula is C19H33BrIN5O. The standard InChI is InChI=1S/C19H32BrN5O.HI/c1-4-21-19(25(3)14-17-12-16(20)13-24(17)2)23-10-9-22-18(26)11-15-7-5-6-8-15;/h12-13,15H,4-11,14H2,1-3H3,(H,21,23)(H,22,26);1H. The number of nitrogens with zero attached hydrogens (tertiary/aromatic N) is 3. The van der Waals surface area contributed by atoms with Gasteiger partial charge >= 0.3 is 0 Å². The number of carbonyl (C=O) groups excluding carboxylic acids is 1. The molecule has 1 heterocycles. The van der Waals surface area contributed by atoms with E-state index in [1.165, 1.54) is 31.4 Å². The number of hydrogen-bond acceptors (Lipinski definition) is 2. The van der Waals surface area contributed by atoms with Crippen molar-refractivity contribution in [2.45, 2.75) is 45.6 Å². The van der Waals surface area contributed by atoms with Crippen molar-refractivity contribution in [3.63, 3.8) is 0 Å². The maximum absolute atomic E-state index is 12.0. The molecule has 1 amide bonds. The molecule has 2 rings (SSSR count). The number of rotatable bonds is 8. The van der Waals surface area contributed by atoms with Crippen LogP contribution in [0.2, 0.25) is 0 Å². The van der Waals surface area contributed by atoms with Crippen LogP contribution < -0.4 is 10.6 Å². The van der Waals surface area contributed by atoms with Crippen LogP contribution in [0.5, 0.6) is 0 Å². The Labute approximate surface area is 188 Å². The Bertz CT molecular complexity index is 613. The predicted octanol–water partition coefficient (Wildman–Crippen LogP) is 3.50. The van der Waals surface area contributed by atoms with Gasteiger partial charge in [0.2, 0.25) is 5.91 Å². The summed E-state index contributed by atoms with van der Waals surface area (Å²) >= 11 is 3.51. The van der Waals surface area contributed by atoms with E-state index in [0.717, 1.165) is 23.5 Å². The Morgan fingerprint density at radius 1 is 1.37 bits per heavy atom. The zero-order chi connectivity index (χ0) is 18.9. The molecule has 6 nitrogen and oxygen atoms in total. The fraction of sp³-hybridized carbons (Fsp3) is 0.684. The summed E-state index contributed by atoms with van der Waals surface area (Å²) in [5.41, 5.74) is 1.20. The lowest BCUT2D eigenvalue weighted by Crippen LogP contribution is -2.39. The summed E-state index contributed by atoms with van der Waals surface area (Å²) in [6, 6.07) is 2.11. The van der Waals surface area contributed by atoms with Crippen molar-refractivity contribution in [3.8, 4) is 0 Å². The zero-order valence-electron chi connectivity index (χ0n) is 16.6. The second kappa shape index (κ2) is 12.6. The van der Waals surface area contributed by atoms with Crippen molar-refractivity contribution < 1.29 is 4.79 Å². The van der Waals surface area contributed by atoms with Gasteiger partial charge in [0, 0.05) is 50.0 Å². The molecule has 0 unspecified atom stereocenters. The Morgan fingerprint density at radius 2 is 2.07 bits per heavy atom. The lowest BCUT2D eigenvalue weighted by atomic mass is 10.0. The molecule has 0 aromatic carbocycles. The fourth-order valence-corrected chi connectivity index (χ4v) is 3.99. The monoisotopic (exact) mass is 553 g/mol. The van der Waals surface area contributed by atoms with Crippen LogP contribution in [0, 0.1) is 5.92 Å². The Balaban J connectivity index is 0.00000364. The predicted molar refractivity (Wildman–Crippen MR) is 126 cm³/mol. The molecule has 0 aliphatic heterocycles. The molecule has 154 valence electrons. The summed E-state index contributed by atoms with van der Waals surface area (Å²) < 4.78 is 3.18. The highest BCUT2D eigenvalue weighted by Crippen LogP contribution is 2.27. The molecule has 0 bridgehead atoms. The number of amides is 1. The third-order valence-electron chi connectivity index (χ3n) is 4.81. The molecular weight excluding hydrogens is 521 g/mol. The van der Waals surface area contributed by atoms with Gasteiger partial charge in [0.25, 0.3) is 0 Å². The summed E-state index contributed by atoms with van der Waals surface area (Å²) in [7, 11) is 4.07. The van der Waals surface area contributed by atoms with E-state index < -0.39 is 0 Å². The molecule has 8 heteroatoms. The molecule has 1 aromatic heterocycles. The number of aromatic nitrogens is 1. The van der Waals surface area contributed by atoms with E-state index in [9.17, 15) is 4.79 Å². The SMILES string of the molecule is CCNC(=NCCNC(=O)CC1CCCC1)N(C)Cc1cc(Br)cn1C.I. The Kier molecular flexibility index (Phi) is 11.4. The first-order valence-electron chi connectivity index (χ1n) is 9.56. The minimum Gasteiger partial charge on any atom is -0.357 e. The van der Waals surface area contributed by atoms with E-state index in [4.69, 9.17) is 0 Å². The van der Waals surface area contributed by atoms with Crippen molar-refractivity contribution in [2.75, 3.05) is 26.7 Å². The van der Waals surface area contributed by atoms with Crippen LogP contribution in [0.4, 0.5) is 0 Å². The molecule has 1 aromatic rings. The van der Waals surface area contributed by atoms with E-state index in [0.29, 0.717) is 25.4 Å². The largest absolute Gasteiger partial charge is 0.357 e. The number of aryl methyl sites for hydroxylation is 1. The van der Waals surface area contributed by atoms with Crippen LogP contribution in [-0.2, 0) is 18.4 Å². The second-order valence-corrected chi connectivity index (χ2v) is 7.97. The van der Waals surface area contributed by atoms with Crippen molar-refractivity contribution >= 4 is 51.8 Å². The molecule has 2 N–H and O–H groups in total. The van der Waals surface area contributed by atoms with Gasteiger partial charge in [-0.15, -0.1) is 24.0 Å². The summed E-state index contributed by atoms with van der Waals surface area (Å²) in [5.74, 6) is 1.61. The van der Waals surface area contributed by atoms with E-state index in [2.05, 4.69) is 54.0 Å². The van der Waals surface area contributed by atoms with Crippen molar-refractivity contribution in [3.05, 3.63) is 22.4 Å². The van der Waals surface area contributed by atoms with Gasteiger partial charge in [0.1, 0.15) is 0 Å². The van der Waals surface area contributed by atoms with Gasteiger partial charge in [-0.25, -0.2) is 0 Å². The maximum atomic E-state index is 12.0. The van der Waals surface area contributed by atoms with Crippen LogP contribution in [-0.4, -0.2) is 48.0 Å². The molecule has 1 fully saturated rings. The minimum atomic E-state index is 0. The zero-order valence-corrected chi connectivity index (χ0v) is 20.5. The van der Waals surface area contributed by atoms with Gasteiger partial charge < -0.3 is 20.1 Å². The molecule has 27 heavy (non-hydrogen) atoms. The number of hydrogen-bond donors (Lipinski definition) is 2. The van der Waals surface area contributed by atoms with Crippen LogP contribution in [0.3, 0.4) is 0 Å². The fourth-order valence-electron chi connectivity index (χ4n) is 3.42. The van der Waals surface area contributed by atoms with Crippen molar-refractivity contribution in [1.82, 2.24) is 20.1 Å². The Hall–Kier alpha value is -0.770. The molecule has 0 saturated heterocycles. The molecule has 1 aliphatic carbocycles. The summed E-state index contributed by atoms with van der Waals surface area (Å²) in [4.78, 5) is 18.7. The second-order valence-electron chi connectivity index (χ2n) is 7.06. The van der Waals surface area contributed by atoms with Crippen molar-refractivity contribution in [1.29, 1.82) is 0 Å². The van der Waals surface area contributed by atoms with Crippen LogP contribution in [0.25, 0.3) is 0 Å². The minimum absolute atomic E-state index is 0. The van der Waals surface area contributed by atoms with Gasteiger partial charge in [-0.2, -0.15) is 0 Å². The normalized spacial score (nSPS) is 14.7. The third kappa shape index (κ3) is 8.41. The van der Waals surface area contributed by atoms with E-state index >= 15 is 0 Å². The van der Waals surface area contributed by atoms with Gasteiger partial charge in [-0.3, -0.25) is 9.79 Å². The molecule has 0 atom stereocenters.